The fourth-order valence-corrected chi connectivity index (χ4v) is 3.91. The van der Waals surface area contributed by atoms with Crippen molar-refractivity contribution in [3.05, 3.63) is 34.8 Å². The Morgan fingerprint density at radius 2 is 2.00 bits per heavy atom. The minimum absolute atomic E-state index is 0.305. The largest absolute Gasteiger partial charge is 0.494 e. The highest BCUT2D eigenvalue weighted by molar-refractivity contribution is 8.01. The van der Waals surface area contributed by atoms with Crippen molar-refractivity contribution >= 4 is 23.1 Å². The Balaban J connectivity index is 2.00. The molecule has 1 atom stereocenters. The van der Waals surface area contributed by atoms with E-state index >= 15 is 0 Å². The summed E-state index contributed by atoms with van der Waals surface area (Å²) in [6.07, 6.45) is 0. The van der Waals surface area contributed by atoms with E-state index in [1.54, 1.807) is 23.1 Å². The molecule has 0 spiro atoms. The van der Waals surface area contributed by atoms with Crippen LogP contribution in [0, 0.1) is 6.92 Å². The van der Waals surface area contributed by atoms with Crippen molar-refractivity contribution in [1.82, 2.24) is 15.5 Å². The van der Waals surface area contributed by atoms with Crippen LogP contribution < -0.4 is 10.1 Å². The molecule has 0 amide bonds. The Hall–Kier alpha value is -1.11. The van der Waals surface area contributed by atoms with Gasteiger partial charge in [0, 0.05) is 11.8 Å². The van der Waals surface area contributed by atoms with Gasteiger partial charge < -0.3 is 10.1 Å². The van der Waals surface area contributed by atoms with Gasteiger partial charge in [-0.05, 0) is 38.1 Å². The van der Waals surface area contributed by atoms with Gasteiger partial charge in [0.05, 0.1) is 6.61 Å². The van der Waals surface area contributed by atoms with Crippen molar-refractivity contribution in [3.63, 3.8) is 0 Å². The molecule has 1 aromatic carbocycles. The van der Waals surface area contributed by atoms with E-state index in [1.807, 2.05) is 26.0 Å². The minimum atomic E-state index is 0.305. The Kier molecular flexibility index (Phi) is 6.48. The summed E-state index contributed by atoms with van der Waals surface area (Å²) in [4.78, 5) is 0. The first kappa shape index (κ1) is 16.3. The molecule has 0 aliphatic rings. The van der Waals surface area contributed by atoms with E-state index in [1.165, 1.54) is 5.56 Å². The summed E-state index contributed by atoms with van der Waals surface area (Å²) in [5, 5.41) is 12.8. The predicted molar refractivity (Wildman–Crippen MR) is 89.4 cm³/mol. The molecule has 114 valence electrons. The number of nitrogens with zero attached hydrogens (tertiary/aromatic N) is 2. The maximum absolute atomic E-state index is 5.49. The summed E-state index contributed by atoms with van der Waals surface area (Å²) >= 11 is 3.39. The van der Waals surface area contributed by atoms with Crippen LogP contribution in [0.25, 0.3) is 0 Å². The van der Waals surface area contributed by atoms with E-state index in [0.717, 1.165) is 27.4 Å². The van der Waals surface area contributed by atoms with Crippen LogP contribution >= 0.6 is 23.1 Å². The Labute approximate surface area is 134 Å². The molecular formula is C15H21N3OS2. The van der Waals surface area contributed by atoms with Crippen LogP contribution in [0.1, 0.15) is 30.5 Å². The maximum atomic E-state index is 5.49. The number of nitrogens with one attached hydrogen (secondary N) is 1. The summed E-state index contributed by atoms with van der Waals surface area (Å²) < 4.78 is 6.52. The number of hydrogen-bond donors (Lipinski definition) is 1. The van der Waals surface area contributed by atoms with Crippen molar-refractivity contribution in [2.75, 3.05) is 18.9 Å². The number of rotatable bonds is 8. The third-order valence-electron chi connectivity index (χ3n) is 2.92. The highest BCUT2D eigenvalue weighted by atomic mass is 32.2. The average molecular weight is 323 g/mol. The lowest BCUT2D eigenvalue weighted by molar-refractivity contribution is 0.340. The second kappa shape index (κ2) is 8.36. The van der Waals surface area contributed by atoms with Crippen molar-refractivity contribution < 1.29 is 4.74 Å². The zero-order valence-corrected chi connectivity index (χ0v) is 14.3. The third-order valence-corrected chi connectivity index (χ3v) is 4.99. The molecule has 0 saturated carbocycles. The number of thioether (sulfide) groups is 1. The molecule has 1 heterocycles. The van der Waals surface area contributed by atoms with Crippen LogP contribution in [0.4, 0.5) is 0 Å². The molecule has 0 bridgehead atoms. The minimum Gasteiger partial charge on any atom is -0.494 e. The molecule has 2 aromatic rings. The zero-order valence-electron chi connectivity index (χ0n) is 12.6. The van der Waals surface area contributed by atoms with E-state index in [4.69, 9.17) is 4.74 Å². The maximum Gasteiger partial charge on any atom is 0.174 e. The molecular weight excluding hydrogens is 302 g/mol. The van der Waals surface area contributed by atoms with E-state index in [9.17, 15) is 0 Å². The zero-order chi connectivity index (χ0) is 15.1. The van der Waals surface area contributed by atoms with Gasteiger partial charge in [-0.1, -0.05) is 42.2 Å². The van der Waals surface area contributed by atoms with E-state index in [-0.39, 0.29) is 0 Å². The van der Waals surface area contributed by atoms with Gasteiger partial charge in [-0.2, -0.15) is 0 Å². The van der Waals surface area contributed by atoms with E-state index in [2.05, 4.69) is 34.6 Å². The average Bonchev–Trinajstić information content (AvgIpc) is 2.90. The molecule has 0 radical (unpaired) electrons. The number of benzene rings is 1. The standard InChI is InChI=1S/C15H21N3OS2/c1-4-16-14(10-20-15-18-17-11(3)21-15)12-6-8-13(9-7-12)19-5-2/h6-9,14,16H,4-5,10H2,1-3H3. The number of aryl methyl sites for hydroxylation is 1. The second-order valence-corrected chi connectivity index (χ2v) is 6.96. The first-order valence-corrected chi connectivity index (χ1v) is 8.92. The molecule has 0 fully saturated rings. The van der Waals surface area contributed by atoms with Crippen molar-refractivity contribution in [3.8, 4) is 5.75 Å². The van der Waals surface area contributed by atoms with Gasteiger partial charge in [0.1, 0.15) is 10.8 Å². The molecule has 0 saturated heterocycles. The Bertz CT molecular complexity index is 542. The smallest absolute Gasteiger partial charge is 0.174 e. The lowest BCUT2D eigenvalue weighted by Gasteiger charge is -2.17. The molecule has 2 rings (SSSR count). The highest BCUT2D eigenvalue weighted by Gasteiger charge is 2.12. The lowest BCUT2D eigenvalue weighted by atomic mass is 10.1. The molecule has 1 N–H and O–H groups in total. The van der Waals surface area contributed by atoms with E-state index < -0.39 is 0 Å². The molecule has 1 unspecified atom stereocenters. The van der Waals surface area contributed by atoms with Gasteiger partial charge in [-0.3, -0.25) is 0 Å². The van der Waals surface area contributed by atoms with E-state index in [0.29, 0.717) is 12.6 Å². The molecule has 21 heavy (non-hydrogen) atoms. The van der Waals surface area contributed by atoms with Crippen LogP contribution in [0.2, 0.25) is 0 Å². The summed E-state index contributed by atoms with van der Waals surface area (Å²) in [5.41, 5.74) is 1.27. The van der Waals surface area contributed by atoms with Crippen LogP contribution in [0.5, 0.6) is 5.75 Å². The SMILES string of the molecule is CCNC(CSc1nnc(C)s1)c1ccc(OCC)cc1. The third kappa shape index (κ3) is 4.98. The molecule has 4 nitrogen and oxygen atoms in total. The van der Waals surface area contributed by atoms with Crippen molar-refractivity contribution in [2.24, 2.45) is 0 Å². The normalized spacial score (nSPS) is 12.3. The fraction of sp³-hybridized carbons (Fsp3) is 0.467. The van der Waals surface area contributed by atoms with Crippen LogP contribution in [0.3, 0.4) is 0 Å². The van der Waals surface area contributed by atoms with Gasteiger partial charge in [-0.25, -0.2) is 0 Å². The van der Waals surface area contributed by atoms with Crippen molar-refractivity contribution in [2.45, 2.75) is 31.2 Å². The fourth-order valence-electron chi connectivity index (χ4n) is 1.97. The Morgan fingerprint density at radius 1 is 1.24 bits per heavy atom. The summed E-state index contributed by atoms with van der Waals surface area (Å²) in [7, 11) is 0. The van der Waals surface area contributed by atoms with Crippen molar-refractivity contribution in [1.29, 1.82) is 0 Å². The lowest BCUT2D eigenvalue weighted by Crippen LogP contribution is -2.22. The van der Waals surface area contributed by atoms with Crippen LogP contribution in [-0.4, -0.2) is 29.1 Å². The van der Waals surface area contributed by atoms with Gasteiger partial charge in [-0.15, -0.1) is 10.2 Å². The second-order valence-electron chi connectivity index (χ2n) is 4.51. The molecule has 1 aromatic heterocycles. The van der Waals surface area contributed by atoms with Crippen LogP contribution in [0.15, 0.2) is 28.6 Å². The van der Waals surface area contributed by atoms with Gasteiger partial charge in [0.15, 0.2) is 4.34 Å². The number of aromatic nitrogens is 2. The Morgan fingerprint density at radius 3 is 2.57 bits per heavy atom. The molecule has 0 aliphatic carbocycles. The number of ether oxygens (including phenoxy) is 1. The monoisotopic (exact) mass is 323 g/mol. The quantitative estimate of drug-likeness (QED) is 0.751. The number of hydrogen-bond acceptors (Lipinski definition) is 6. The summed E-state index contributed by atoms with van der Waals surface area (Å²) in [5.74, 6) is 1.86. The first-order chi connectivity index (χ1) is 10.2. The summed E-state index contributed by atoms with van der Waals surface area (Å²) in [6.45, 7) is 7.74. The predicted octanol–water partition coefficient (Wildman–Crippen LogP) is 3.69. The topological polar surface area (TPSA) is 47.0 Å². The molecule has 6 heteroatoms. The van der Waals surface area contributed by atoms with Gasteiger partial charge >= 0.3 is 0 Å². The van der Waals surface area contributed by atoms with Crippen LogP contribution in [-0.2, 0) is 0 Å². The highest BCUT2D eigenvalue weighted by Crippen LogP contribution is 2.27. The first-order valence-electron chi connectivity index (χ1n) is 7.12. The van der Waals surface area contributed by atoms with Gasteiger partial charge in [0.2, 0.25) is 0 Å². The van der Waals surface area contributed by atoms with Gasteiger partial charge in [0.25, 0.3) is 0 Å². The summed E-state index contributed by atoms with van der Waals surface area (Å²) in [6, 6.07) is 8.63. The molecule has 0 aliphatic heterocycles.